The highest BCUT2D eigenvalue weighted by Crippen LogP contribution is 2.21. The van der Waals surface area contributed by atoms with E-state index in [0.717, 1.165) is 6.20 Å². The smallest absolute Gasteiger partial charge is 0.312 e. The highest BCUT2D eigenvalue weighted by atomic mass is 16.6. The molecule has 0 radical (unpaired) electrons. The van der Waals surface area contributed by atoms with E-state index in [4.69, 9.17) is 0 Å². The van der Waals surface area contributed by atoms with E-state index < -0.39 is 15.9 Å². The summed E-state index contributed by atoms with van der Waals surface area (Å²) in [5, 5.41) is 32.4. The van der Waals surface area contributed by atoms with Gasteiger partial charge in [0.1, 0.15) is 29.8 Å². The molecule has 0 aliphatic rings. The number of nitrogens with one attached hydrogen (secondary N) is 1. The monoisotopic (exact) mass is 365 g/mol. The molecule has 1 amide bonds. The second-order valence-corrected chi connectivity index (χ2v) is 5.65. The third-order valence-electron chi connectivity index (χ3n) is 3.96. The van der Waals surface area contributed by atoms with Crippen molar-refractivity contribution in [3.8, 4) is 0 Å². The second kappa shape index (κ2) is 7.72. The van der Waals surface area contributed by atoms with Crippen LogP contribution in [0.3, 0.4) is 0 Å². The van der Waals surface area contributed by atoms with Crippen molar-refractivity contribution >= 4 is 17.3 Å². The summed E-state index contributed by atoms with van der Waals surface area (Å²) >= 11 is 0. The molecule has 0 spiro atoms. The Labute approximate surface area is 148 Å². The van der Waals surface area contributed by atoms with Crippen molar-refractivity contribution in [1.82, 2.24) is 24.9 Å². The number of carbonyl (C=O) groups excluding carboxylic acids is 1. The first-order valence-corrected chi connectivity index (χ1v) is 7.90. The molecule has 1 N–H and O–H groups in total. The molecule has 12 nitrogen and oxygen atoms in total. The molecule has 140 valence electrons. The quantitative estimate of drug-likeness (QED) is 0.546. The Balaban J connectivity index is 2.00. The number of hydrogen-bond acceptors (Lipinski definition) is 7. The van der Waals surface area contributed by atoms with E-state index in [1.807, 2.05) is 0 Å². The van der Waals surface area contributed by atoms with E-state index in [2.05, 4.69) is 15.5 Å². The van der Waals surface area contributed by atoms with Gasteiger partial charge < -0.3 is 5.32 Å². The maximum absolute atomic E-state index is 12.3. The first kappa shape index (κ1) is 19.0. The molecule has 0 aromatic carbocycles. The van der Waals surface area contributed by atoms with Crippen molar-refractivity contribution in [2.24, 2.45) is 0 Å². The fraction of sp³-hybridized carbons (Fsp3) is 0.500. The van der Waals surface area contributed by atoms with Gasteiger partial charge in [0.15, 0.2) is 0 Å². The largest absolute Gasteiger partial charge is 0.352 e. The average Bonchev–Trinajstić information content (AvgIpc) is 3.14. The predicted molar refractivity (Wildman–Crippen MR) is 89.6 cm³/mol. The Morgan fingerprint density at radius 3 is 2.50 bits per heavy atom. The second-order valence-electron chi connectivity index (χ2n) is 5.65. The molecule has 2 aromatic heterocycles. The van der Waals surface area contributed by atoms with Gasteiger partial charge in [0, 0.05) is 6.54 Å². The summed E-state index contributed by atoms with van der Waals surface area (Å²) in [7, 11) is 0. The Morgan fingerprint density at radius 2 is 2.00 bits per heavy atom. The molecule has 12 heteroatoms. The van der Waals surface area contributed by atoms with Gasteiger partial charge in [-0.1, -0.05) is 6.92 Å². The van der Waals surface area contributed by atoms with Gasteiger partial charge in [-0.15, -0.1) is 0 Å². The topological polar surface area (TPSA) is 151 Å². The zero-order chi connectivity index (χ0) is 19.4. The van der Waals surface area contributed by atoms with Crippen LogP contribution in [0.15, 0.2) is 12.4 Å². The average molecular weight is 365 g/mol. The van der Waals surface area contributed by atoms with Gasteiger partial charge in [0.2, 0.25) is 5.91 Å². The maximum Gasteiger partial charge on any atom is 0.312 e. The molecule has 0 aliphatic heterocycles. The van der Waals surface area contributed by atoms with Gasteiger partial charge >= 0.3 is 11.4 Å². The lowest BCUT2D eigenvalue weighted by Gasteiger charge is -2.15. The lowest BCUT2D eigenvalue weighted by Crippen LogP contribution is -2.34. The van der Waals surface area contributed by atoms with Crippen molar-refractivity contribution in [1.29, 1.82) is 0 Å². The minimum absolute atomic E-state index is 0.0355. The number of aryl methyl sites for hydroxylation is 1. The van der Waals surface area contributed by atoms with Crippen LogP contribution in [0.25, 0.3) is 0 Å². The number of hydrogen-bond donors (Lipinski definition) is 1. The van der Waals surface area contributed by atoms with Crippen molar-refractivity contribution in [3.05, 3.63) is 44.0 Å². The van der Waals surface area contributed by atoms with Crippen LogP contribution >= 0.6 is 0 Å². The first-order valence-electron chi connectivity index (χ1n) is 7.90. The lowest BCUT2D eigenvalue weighted by atomic mass is 10.2. The summed E-state index contributed by atoms with van der Waals surface area (Å²) in [4.78, 5) is 33.0. The summed E-state index contributed by atoms with van der Waals surface area (Å²) in [6.45, 7) is 5.39. The fourth-order valence-electron chi connectivity index (χ4n) is 2.66. The van der Waals surface area contributed by atoms with Crippen molar-refractivity contribution in [2.75, 3.05) is 6.54 Å². The minimum atomic E-state index is -0.682. The minimum Gasteiger partial charge on any atom is -0.352 e. The fourth-order valence-corrected chi connectivity index (χ4v) is 2.66. The highest BCUT2D eigenvalue weighted by molar-refractivity contribution is 5.80. The zero-order valence-electron chi connectivity index (χ0n) is 14.6. The van der Waals surface area contributed by atoms with Crippen molar-refractivity contribution < 1.29 is 14.6 Å². The number of nitro groups is 2. The summed E-state index contributed by atoms with van der Waals surface area (Å²) in [5.74, 6) is -0.346. The first-order chi connectivity index (χ1) is 12.3. The van der Waals surface area contributed by atoms with Crippen molar-refractivity contribution in [3.63, 3.8) is 0 Å². The third-order valence-corrected chi connectivity index (χ3v) is 3.96. The molecule has 0 bridgehead atoms. The molecule has 2 heterocycles. The molecule has 0 aliphatic carbocycles. The normalized spacial score (nSPS) is 12.0. The molecule has 1 atom stereocenters. The van der Waals surface area contributed by atoms with Gasteiger partial charge in [0.25, 0.3) is 0 Å². The van der Waals surface area contributed by atoms with E-state index >= 15 is 0 Å². The van der Waals surface area contributed by atoms with Crippen LogP contribution < -0.4 is 5.32 Å². The van der Waals surface area contributed by atoms with Gasteiger partial charge in [0.05, 0.1) is 16.4 Å². The number of aromatic nitrogens is 4. The lowest BCUT2D eigenvalue weighted by molar-refractivity contribution is -0.386. The molecule has 0 fully saturated rings. The molecule has 1 unspecified atom stereocenters. The van der Waals surface area contributed by atoms with Crippen LogP contribution in [-0.4, -0.2) is 41.9 Å². The molecule has 2 rings (SSSR count). The molecular formula is C14H19N7O5. The van der Waals surface area contributed by atoms with E-state index in [0.29, 0.717) is 17.8 Å². The van der Waals surface area contributed by atoms with E-state index in [1.165, 1.54) is 15.6 Å². The van der Waals surface area contributed by atoms with Gasteiger partial charge in [-0.3, -0.25) is 34.4 Å². The Hall–Kier alpha value is -3.31. The predicted octanol–water partition coefficient (Wildman–Crippen LogP) is 1.28. The molecule has 0 saturated heterocycles. The maximum atomic E-state index is 12.3. The Bertz CT molecular complexity index is 841. The van der Waals surface area contributed by atoms with E-state index in [-0.39, 0.29) is 30.4 Å². The zero-order valence-corrected chi connectivity index (χ0v) is 14.6. The summed E-state index contributed by atoms with van der Waals surface area (Å²) in [6, 6.07) is -0.682. The van der Waals surface area contributed by atoms with Crippen LogP contribution in [0.4, 0.5) is 11.4 Å². The highest BCUT2D eigenvalue weighted by Gasteiger charge is 2.23. The third kappa shape index (κ3) is 3.84. The van der Waals surface area contributed by atoms with Gasteiger partial charge in [-0.2, -0.15) is 10.2 Å². The summed E-state index contributed by atoms with van der Waals surface area (Å²) < 4.78 is 2.72. The molecule has 0 saturated carbocycles. The van der Waals surface area contributed by atoms with E-state index in [9.17, 15) is 25.0 Å². The number of rotatable bonds is 8. The number of amides is 1. The van der Waals surface area contributed by atoms with E-state index in [1.54, 1.807) is 20.8 Å². The van der Waals surface area contributed by atoms with Crippen LogP contribution in [0.2, 0.25) is 0 Å². The molecular weight excluding hydrogens is 346 g/mol. The van der Waals surface area contributed by atoms with Crippen LogP contribution in [0.1, 0.15) is 30.8 Å². The van der Waals surface area contributed by atoms with Crippen LogP contribution in [-0.2, 0) is 11.3 Å². The Kier molecular flexibility index (Phi) is 5.64. The standard InChI is InChI=1S/C14H19N7O5/c1-4-12(19-8-11(7-16-19)20(23)24)14(22)15-5-6-18-10(3)13(21(25)26)9(2)17-18/h7-8,12H,4-6H2,1-3H3,(H,15,22). The number of nitrogens with zero attached hydrogens (tertiary/aromatic N) is 6. The van der Waals surface area contributed by atoms with Gasteiger partial charge in [-0.05, 0) is 20.3 Å². The van der Waals surface area contributed by atoms with Crippen LogP contribution in [0, 0.1) is 34.1 Å². The number of carbonyl (C=O) groups is 1. The Morgan fingerprint density at radius 1 is 1.31 bits per heavy atom. The van der Waals surface area contributed by atoms with Gasteiger partial charge in [-0.25, -0.2) is 0 Å². The van der Waals surface area contributed by atoms with Crippen molar-refractivity contribution in [2.45, 2.75) is 39.8 Å². The summed E-state index contributed by atoms with van der Waals surface area (Å²) in [6.07, 6.45) is 2.69. The molecule has 26 heavy (non-hydrogen) atoms. The SMILES string of the molecule is CCC(C(=O)NCCn1nc(C)c([N+](=O)[O-])c1C)n1cc([N+](=O)[O-])cn1. The summed E-state index contributed by atoms with van der Waals surface area (Å²) in [5.41, 5.74) is 0.503. The van der Waals surface area contributed by atoms with Crippen LogP contribution in [0.5, 0.6) is 0 Å². The molecule has 2 aromatic rings.